The van der Waals surface area contributed by atoms with Crippen molar-refractivity contribution in [1.29, 1.82) is 0 Å². The normalized spacial score (nSPS) is 23.1. The third-order valence-electron chi connectivity index (χ3n) is 8.35. The summed E-state index contributed by atoms with van der Waals surface area (Å²) in [6.45, 7) is 10.1. The van der Waals surface area contributed by atoms with E-state index in [1.54, 1.807) is 30.2 Å². The number of nitrogens with zero attached hydrogens (tertiary/aromatic N) is 3. The third kappa shape index (κ3) is 4.42. The maximum absolute atomic E-state index is 13.5. The molecule has 2 heterocycles. The molecular weight excluding hydrogens is 414 g/mol. The van der Waals surface area contributed by atoms with Crippen molar-refractivity contribution in [2.75, 3.05) is 33.8 Å². The lowest BCUT2D eigenvalue weighted by Crippen LogP contribution is -2.55. The van der Waals surface area contributed by atoms with Gasteiger partial charge in [0.1, 0.15) is 11.3 Å². The number of likely N-dealkylation sites (N-methyl/N-ethyl adjacent to an activating group) is 1. The molecule has 0 unspecified atom stereocenters. The first-order valence-corrected chi connectivity index (χ1v) is 12.3. The smallest absolute Gasteiger partial charge is 0.327 e. The summed E-state index contributed by atoms with van der Waals surface area (Å²) in [5.41, 5.74) is 3.74. The number of allylic oxidation sites excluding steroid dienone is 1. The van der Waals surface area contributed by atoms with Crippen molar-refractivity contribution in [1.82, 2.24) is 14.7 Å². The van der Waals surface area contributed by atoms with Crippen LogP contribution in [0.3, 0.4) is 0 Å². The summed E-state index contributed by atoms with van der Waals surface area (Å²) in [6, 6.07) is 7.37. The number of carbonyl (C=O) groups excluding carboxylic acids is 2. The van der Waals surface area contributed by atoms with Crippen LogP contribution in [0.5, 0.6) is 5.75 Å². The molecule has 2 fully saturated rings. The minimum atomic E-state index is -0.695. The summed E-state index contributed by atoms with van der Waals surface area (Å²) < 4.78 is 5.21. The van der Waals surface area contributed by atoms with Crippen LogP contribution < -0.4 is 4.74 Å². The van der Waals surface area contributed by atoms with Gasteiger partial charge in [-0.25, -0.2) is 4.79 Å². The van der Waals surface area contributed by atoms with Crippen molar-refractivity contribution in [2.45, 2.75) is 71.4 Å². The molecule has 0 N–H and O–H groups in total. The number of carbonyl (C=O) groups is 2. The zero-order valence-electron chi connectivity index (χ0n) is 20.9. The van der Waals surface area contributed by atoms with Gasteiger partial charge in [0.05, 0.1) is 13.7 Å². The van der Waals surface area contributed by atoms with Gasteiger partial charge in [-0.15, -0.1) is 0 Å². The minimum absolute atomic E-state index is 0.0440. The van der Waals surface area contributed by atoms with Crippen molar-refractivity contribution in [2.24, 2.45) is 5.41 Å². The monoisotopic (exact) mass is 453 g/mol. The average Bonchev–Trinajstić information content (AvgIpc) is 2.96. The van der Waals surface area contributed by atoms with Gasteiger partial charge in [0, 0.05) is 26.7 Å². The van der Waals surface area contributed by atoms with E-state index in [2.05, 4.69) is 25.7 Å². The first kappa shape index (κ1) is 23.8. The van der Waals surface area contributed by atoms with E-state index in [-0.39, 0.29) is 11.9 Å². The molecule has 33 heavy (non-hydrogen) atoms. The molecule has 6 nitrogen and oxygen atoms in total. The average molecular weight is 454 g/mol. The molecule has 2 aliphatic heterocycles. The largest absolute Gasteiger partial charge is 0.497 e. The summed E-state index contributed by atoms with van der Waals surface area (Å²) in [4.78, 5) is 32.1. The number of urea groups is 1. The maximum Gasteiger partial charge on any atom is 0.327 e. The SMILES string of the molecule is COc1ccc(CN2C(=O)N(C)C3(CCN(CCC4=C(C)CCCC4(C)C)CC3)C2=O)cc1. The zero-order chi connectivity index (χ0) is 23.8. The van der Waals surface area contributed by atoms with Crippen LogP contribution in [0.2, 0.25) is 0 Å². The molecule has 0 saturated carbocycles. The number of imide groups is 1. The quantitative estimate of drug-likeness (QED) is 0.457. The van der Waals surface area contributed by atoms with Crippen LogP contribution in [0.4, 0.5) is 4.79 Å². The van der Waals surface area contributed by atoms with Crippen molar-refractivity contribution in [3.63, 3.8) is 0 Å². The van der Waals surface area contributed by atoms with Gasteiger partial charge in [-0.3, -0.25) is 9.69 Å². The molecular formula is C27H39N3O3. The molecule has 3 amide bonds. The highest BCUT2D eigenvalue weighted by molar-refractivity contribution is 6.06. The molecule has 0 atom stereocenters. The van der Waals surface area contributed by atoms with E-state index >= 15 is 0 Å². The van der Waals surface area contributed by atoms with Crippen LogP contribution in [0.1, 0.15) is 64.9 Å². The summed E-state index contributed by atoms with van der Waals surface area (Å²) in [7, 11) is 3.42. The van der Waals surface area contributed by atoms with Crippen LogP contribution >= 0.6 is 0 Å². The van der Waals surface area contributed by atoms with E-state index in [0.29, 0.717) is 24.8 Å². The lowest BCUT2D eigenvalue weighted by Gasteiger charge is -2.42. The molecule has 180 valence electrons. The molecule has 1 aliphatic carbocycles. The predicted octanol–water partition coefficient (Wildman–Crippen LogP) is 4.84. The minimum Gasteiger partial charge on any atom is -0.497 e. The summed E-state index contributed by atoms with van der Waals surface area (Å²) in [6.07, 6.45) is 6.31. The molecule has 0 aromatic heterocycles. The first-order valence-electron chi connectivity index (χ1n) is 12.3. The first-order chi connectivity index (χ1) is 15.7. The predicted molar refractivity (Wildman–Crippen MR) is 130 cm³/mol. The number of ether oxygens (including phenoxy) is 1. The number of hydrogen-bond donors (Lipinski definition) is 0. The molecule has 0 bridgehead atoms. The Kier molecular flexibility index (Phi) is 6.59. The Morgan fingerprint density at radius 2 is 1.70 bits per heavy atom. The van der Waals surface area contributed by atoms with E-state index in [0.717, 1.165) is 37.4 Å². The molecule has 1 spiro atoms. The Bertz CT molecular complexity index is 926. The molecule has 6 heteroatoms. The van der Waals surface area contributed by atoms with Gasteiger partial charge in [0.15, 0.2) is 0 Å². The van der Waals surface area contributed by atoms with Crippen LogP contribution in [0.15, 0.2) is 35.4 Å². The third-order valence-corrected chi connectivity index (χ3v) is 8.35. The Hall–Kier alpha value is -2.34. The van der Waals surface area contributed by atoms with Gasteiger partial charge in [-0.2, -0.15) is 0 Å². The molecule has 2 saturated heterocycles. The number of methoxy groups -OCH3 is 1. The standard InChI is InChI=1S/C27H39N3O3/c1-20-7-6-13-26(2,3)23(20)12-16-29-17-14-27(15-18-29)24(31)30(25(32)28(27)4)19-21-8-10-22(33-5)11-9-21/h8-11H,6-7,12-19H2,1-5H3. The Balaban J connectivity index is 1.38. The van der Waals surface area contributed by atoms with Crippen LogP contribution in [0.25, 0.3) is 0 Å². The molecule has 1 aromatic rings. The summed E-state index contributed by atoms with van der Waals surface area (Å²) in [5, 5.41) is 0. The van der Waals surface area contributed by atoms with Crippen molar-refractivity contribution in [3.05, 3.63) is 41.0 Å². The number of likely N-dealkylation sites (tertiary alicyclic amines) is 1. The fourth-order valence-electron chi connectivity index (χ4n) is 6.09. The van der Waals surface area contributed by atoms with E-state index in [1.807, 2.05) is 24.3 Å². The number of piperidine rings is 1. The fraction of sp³-hybridized carbons (Fsp3) is 0.630. The number of hydrogen-bond acceptors (Lipinski definition) is 4. The second-order valence-corrected chi connectivity index (χ2v) is 10.7. The molecule has 4 rings (SSSR count). The van der Waals surface area contributed by atoms with Crippen LogP contribution in [-0.2, 0) is 11.3 Å². The number of amides is 3. The van der Waals surface area contributed by atoms with E-state index in [9.17, 15) is 9.59 Å². The Morgan fingerprint density at radius 3 is 2.30 bits per heavy atom. The van der Waals surface area contributed by atoms with Crippen molar-refractivity contribution < 1.29 is 14.3 Å². The number of rotatable bonds is 6. The molecule has 0 radical (unpaired) electrons. The van der Waals surface area contributed by atoms with Gasteiger partial charge >= 0.3 is 6.03 Å². The van der Waals surface area contributed by atoms with Gasteiger partial charge in [0.2, 0.25) is 0 Å². The van der Waals surface area contributed by atoms with Crippen LogP contribution in [-0.4, -0.2) is 66.0 Å². The zero-order valence-corrected chi connectivity index (χ0v) is 20.9. The van der Waals surface area contributed by atoms with Crippen LogP contribution in [0, 0.1) is 5.41 Å². The second-order valence-electron chi connectivity index (χ2n) is 10.7. The topological polar surface area (TPSA) is 53.1 Å². The second kappa shape index (κ2) is 9.13. The highest BCUT2D eigenvalue weighted by Gasteiger charge is 2.56. The van der Waals surface area contributed by atoms with Gasteiger partial charge in [-0.05, 0) is 68.6 Å². The van der Waals surface area contributed by atoms with Crippen molar-refractivity contribution >= 4 is 11.9 Å². The highest BCUT2D eigenvalue weighted by Crippen LogP contribution is 2.42. The lowest BCUT2D eigenvalue weighted by molar-refractivity contribution is -0.135. The fourth-order valence-corrected chi connectivity index (χ4v) is 6.09. The van der Waals surface area contributed by atoms with Crippen molar-refractivity contribution in [3.8, 4) is 5.75 Å². The number of benzene rings is 1. The van der Waals surface area contributed by atoms with Gasteiger partial charge < -0.3 is 14.5 Å². The van der Waals surface area contributed by atoms with Gasteiger partial charge in [-0.1, -0.05) is 37.1 Å². The summed E-state index contributed by atoms with van der Waals surface area (Å²) in [5.74, 6) is 0.721. The Morgan fingerprint density at radius 1 is 1.03 bits per heavy atom. The highest BCUT2D eigenvalue weighted by atomic mass is 16.5. The van der Waals surface area contributed by atoms with E-state index in [4.69, 9.17) is 4.74 Å². The Labute approximate surface area is 198 Å². The summed E-state index contributed by atoms with van der Waals surface area (Å²) >= 11 is 0. The van der Waals surface area contributed by atoms with E-state index < -0.39 is 5.54 Å². The molecule has 3 aliphatic rings. The lowest BCUT2D eigenvalue weighted by atomic mass is 9.71. The van der Waals surface area contributed by atoms with E-state index in [1.165, 1.54) is 24.2 Å². The molecule has 1 aromatic carbocycles. The maximum atomic E-state index is 13.5. The van der Waals surface area contributed by atoms with Gasteiger partial charge in [0.25, 0.3) is 5.91 Å².